The smallest absolute Gasteiger partial charge is 0.269 e. The fraction of sp³-hybridized carbons (Fsp3) is 0.190. The molecule has 0 bridgehead atoms. The number of benzene rings is 2. The molecule has 0 saturated carbocycles. The van der Waals surface area contributed by atoms with Gasteiger partial charge in [-0.25, -0.2) is 0 Å². The summed E-state index contributed by atoms with van der Waals surface area (Å²) in [5.74, 6) is -0.383. The fourth-order valence-corrected chi connectivity index (χ4v) is 3.35. The Balaban J connectivity index is 0.000000162. The van der Waals surface area contributed by atoms with Crippen LogP contribution in [0.5, 0.6) is 0 Å². The van der Waals surface area contributed by atoms with Crippen molar-refractivity contribution in [1.82, 2.24) is 10.2 Å². The summed E-state index contributed by atoms with van der Waals surface area (Å²) in [6.07, 6.45) is 3.27. The van der Waals surface area contributed by atoms with Gasteiger partial charge in [0.15, 0.2) is 0 Å². The van der Waals surface area contributed by atoms with E-state index in [1.807, 2.05) is 42.5 Å². The number of hydrogen-bond donors (Lipinski definition) is 3. The van der Waals surface area contributed by atoms with E-state index < -0.39 is 5.91 Å². The Labute approximate surface area is 171 Å². The summed E-state index contributed by atoms with van der Waals surface area (Å²) in [6.45, 7) is 0. The van der Waals surface area contributed by atoms with Gasteiger partial charge in [0.1, 0.15) is 5.69 Å². The predicted molar refractivity (Wildman–Crippen MR) is 112 cm³/mol. The van der Waals surface area contributed by atoms with Crippen molar-refractivity contribution >= 4 is 33.4 Å². The zero-order valence-corrected chi connectivity index (χ0v) is 16.8. The van der Waals surface area contributed by atoms with Crippen LogP contribution < -0.4 is 11.1 Å². The summed E-state index contributed by atoms with van der Waals surface area (Å²) in [5.41, 5.74) is 9.61. The van der Waals surface area contributed by atoms with Crippen molar-refractivity contribution in [2.75, 3.05) is 5.32 Å². The Bertz CT molecular complexity index is 970. The molecule has 0 radical (unpaired) electrons. The van der Waals surface area contributed by atoms with Crippen molar-refractivity contribution in [2.24, 2.45) is 5.73 Å². The van der Waals surface area contributed by atoms with Gasteiger partial charge in [-0.15, -0.1) is 0 Å². The van der Waals surface area contributed by atoms with E-state index in [0.717, 1.165) is 40.7 Å². The van der Waals surface area contributed by atoms with Gasteiger partial charge in [0.2, 0.25) is 5.91 Å². The van der Waals surface area contributed by atoms with E-state index in [4.69, 9.17) is 5.73 Å². The van der Waals surface area contributed by atoms with Gasteiger partial charge in [0, 0.05) is 28.7 Å². The summed E-state index contributed by atoms with van der Waals surface area (Å²) >= 11 is 3.42. The number of aromatic amines is 1. The third kappa shape index (κ3) is 5.53. The molecule has 3 aromatic rings. The molecule has 0 unspecified atom stereocenters. The van der Waals surface area contributed by atoms with Gasteiger partial charge >= 0.3 is 0 Å². The van der Waals surface area contributed by atoms with Crippen molar-refractivity contribution in [1.29, 1.82) is 0 Å². The van der Waals surface area contributed by atoms with E-state index in [0.29, 0.717) is 6.42 Å². The fourth-order valence-electron chi connectivity index (χ4n) is 2.94. The maximum Gasteiger partial charge on any atom is 0.269 e. The Morgan fingerprint density at radius 2 is 1.89 bits per heavy atom. The number of primary amides is 1. The number of fused-ring (bicyclic) bond motifs is 1. The lowest BCUT2D eigenvalue weighted by molar-refractivity contribution is -0.116. The van der Waals surface area contributed by atoms with Crippen LogP contribution in [-0.4, -0.2) is 22.0 Å². The van der Waals surface area contributed by atoms with Crippen molar-refractivity contribution in [3.63, 3.8) is 0 Å². The predicted octanol–water partition coefficient (Wildman–Crippen LogP) is 3.82. The van der Waals surface area contributed by atoms with Crippen LogP contribution in [0.25, 0.3) is 0 Å². The zero-order valence-electron chi connectivity index (χ0n) is 15.2. The Kier molecular flexibility index (Phi) is 6.60. The minimum absolute atomic E-state index is 0.126. The minimum Gasteiger partial charge on any atom is -0.364 e. The first-order valence-electron chi connectivity index (χ1n) is 8.97. The summed E-state index contributed by atoms with van der Waals surface area (Å²) in [7, 11) is 0. The van der Waals surface area contributed by atoms with E-state index in [2.05, 4.69) is 37.5 Å². The van der Waals surface area contributed by atoms with Crippen LogP contribution in [0.3, 0.4) is 0 Å². The largest absolute Gasteiger partial charge is 0.364 e. The number of rotatable bonds is 3. The van der Waals surface area contributed by atoms with Crippen LogP contribution in [0.15, 0.2) is 59.1 Å². The molecule has 1 aromatic heterocycles. The monoisotopic (exact) mass is 440 g/mol. The molecular weight excluding hydrogens is 420 g/mol. The Morgan fingerprint density at radius 1 is 1.11 bits per heavy atom. The van der Waals surface area contributed by atoms with Crippen molar-refractivity contribution in [3.05, 3.63) is 81.6 Å². The number of amides is 2. The van der Waals surface area contributed by atoms with Gasteiger partial charge in [-0.1, -0.05) is 46.3 Å². The maximum absolute atomic E-state index is 11.2. The highest BCUT2D eigenvalue weighted by molar-refractivity contribution is 9.10. The molecule has 4 N–H and O–H groups in total. The van der Waals surface area contributed by atoms with Gasteiger partial charge < -0.3 is 11.1 Å². The zero-order chi connectivity index (χ0) is 19.9. The van der Waals surface area contributed by atoms with Gasteiger partial charge in [-0.3, -0.25) is 14.7 Å². The van der Waals surface area contributed by atoms with Crippen LogP contribution in [-0.2, 0) is 17.6 Å². The molecule has 6 nitrogen and oxygen atoms in total. The van der Waals surface area contributed by atoms with Gasteiger partial charge in [0.25, 0.3) is 5.91 Å². The first-order chi connectivity index (χ1) is 13.5. The second-order valence-electron chi connectivity index (χ2n) is 6.51. The topological polar surface area (TPSA) is 101 Å². The lowest BCUT2D eigenvalue weighted by atomic mass is 10.1. The van der Waals surface area contributed by atoms with E-state index >= 15 is 0 Å². The van der Waals surface area contributed by atoms with E-state index in [1.165, 1.54) is 5.56 Å². The molecule has 2 amide bonds. The summed E-state index contributed by atoms with van der Waals surface area (Å²) in [6, 6.07) is 17.6. The number of anilines is 1. The van der Waals surface area contributed by atoms with Crippen LogP contribution in [0, 0.1) is 0 Å². The number of H-pyrrole nitrogens is 1. The molecule has 0 saturated heterocycles. The van der Waals surface area contributed by atoms with Crippen LogP contribution in [0.2, 0.25) is 0 Å². The number of aryl methyl sites for hydroxylation is 1. The Hall–Kier alpha value is -2.93. The number of carbonyl (C=O) groups is 2. The standard InChI is InChI=1S/C11H11N3O.C10H10BrNO/c12-11(15)10-7-9(13-14-10)6-8-4-2-1-3-5-8;11-8-4-5-9-7(6-8)2-1-3-10(13)12-9/h1-5,7H,6H2,(H2,12,15)(H,13,14);4-6H,1-3H2,(H,12,13). The number of nitrogens with zero attached hydrogens (tertiary/aromatic N) is 1. The Morgan fingerprint density at radius 3 is 2.61 bits per heavy atom. The number of nitrogens with one attached hydrogen (secondary N) is 2. The average Bonchev–Trinajstić information content (AvgIpc) is 3.06. The van der Waals surface area contributed by atoms with Crippen LogP contribution >= 0.6 is 15.9 Å². The number of carbonyl (C=O) groups excluding carboxylic acids is 2. The van der Waals surface area contributed by atoms with Gasteiger partial charge in [-0.2, -0.15) is 5.10 Å². The second-order valence-corrected chi connectivity index (χ2v) is 7.42. The van der Waals surface area contributed by atoms with E-state index in [-0.39, 0.29) is 11.6 Å². The molecule has 144 valence electrons. The highest BCUT2D eigenvalue weighted by Gasteiger charge is 2.12. The summed E-state index contributed by atoms with van der Waals surface area (Å²) in [4.78, 5) is 22.0. The van der Waals surface area contributed by atoms with Gasteiger partial charge in [0.05, 0.1) is 0 Å². The molecule has 4 rings (SSSR count). The number of halogens is 1. The summed E-state index contributed by atoms with van der Waals surface area (Å²) in [5, 5.41) is 9.49. The molecule has 1 aliphatic heterocycles. The summed E-state index contributed by atoms with van der Waals surface area (Å²) < 4.78 is 1.07. The van der Waals surface area contributed by atoms with Crippen molar-refractivity contribution in [2.45, 2.75) is 25.7 Å². The number of hydrogen-bond acceptors (Lipinski definition) is 3. The maximum atomic E-state index is 11.2. The van der Waals surface area contributed by atoms with Gasteiger partial charge in [-0.05, 0) is 48.2 Å². The molecule has 28 heavy (non-hydrogen) atoms. The SMILES string of the molecule is NC(=O)c1cc(Cc2ccccc2)[nH]n1.O=C1CCCc2cc(Br)ccc2N1. The van der Waals surface area contributed by atoms with Crippen LogP contribution in [0.1, 0.15) is 40.2 Å². The second kappa shape index (κ2) is 9.32. The lowest BCUT2D eigenvalue weighted by Gasteiger charge is -2.05. The third-order valence-electron chi connectivity index (χ3n) is 4.31. The molecule has 7 heteroatoms. The lowest BCUT2D eigenvalue weighted by Crippen LogP contribution is -2.10. The van der Waals surface area contributed by atoms with E-state index in [9.17, 15) is 9.59 Å². The van der Waals surface area contributed by atoms with E-state index in [1.54, 1.807) is 6.07 Å². The first-order valence-corrected chi connectivity index (χ1v) is 9.77. The quantitative estimate of drug-likeness (QED) is 0.576. The molecule has 0 spiro atoms. The normalized spacial score (nSPS) is 12.8. The molecule has 2 aromatic carbocycles. The molecule has 0 atom stereocenters. The minimum atomic E-state index is -0.509. The average molecular weight is 441 g/mol. The molecule has 2 heterocycles. The number of nitrogens with two attached hydrogens (primary N) is 1. The first kappa shape index (κ1) is 19.8. The number of aromatic nitrogens is 2. The molecule has 0 aliphatic carbocycles. The van der Waals surface area contributed by atoms with Crippen molar-refractivity contribution in [3.8, 4) is 0 Å². The highest BCUT2D eigenvalue weighted by atomic mass is 79.9. The molecule has 0 fully saturated rings. The van der Waals surface area contributed by atoms with Crippen LogP contribution in [0.4, 0.5) is 5.69 Å². The molecular formula is C21H21BrN4O2. The van der Waals surface area contributed by atoms with Crippen molar-refractivity contribution < 1.29 is 9.59 Å². The highest BCUT2D eigenvalue weighted by Crippen LogP contribution is 2.25. The third-order valence-corrected chi connectivity index (χ3v) is 4.81. The molecule has 1 aliphatic rings.